The fourth-order valence-corrected chi connectivity index (χ4v) is 2.09. The van der Waals surface area contributed by atoms with Crippen LogP contribution in [0.15, 0.2) is 0 Å². The zero-order valence-corrected chi connectivity index (χ0v) is 8.59. The molecule has 72 valence electrons. The molecule has 0 aromatic heterocycles. The molecule has 0 aromatic rings. The highest BCUT2D eigenvalue weighted by atomic mass is 15.2. The fraction of sp³-hybridized carbons (Fsp3) is 1.00. The first-order chi connectivity index (χ1) is 5.66. The molecule has 0 bridgehead atoms. The molecule has 1 fully saturated rings. The Morgan fingerprint density at radius 3 is 2.58 bits per heavy atom. The van der Waals surface area contributed by atoms with Crippen molar-refractivity contribution in [1.29, 1.82) is 0 Å². The Morgan fingerprint density at radius 1 is 1.50 bits per heavy atom. The fourth-order valence-electron chi connectivity index (χ4n) is 2.09. The molecule has 0 amide bonds. The summed E-state index contributed by atoms with van der Waals surface area (Å²) in [5.41, 5.74) is 6.03. The summed E-state index contributed by atoms with van der Waals surface area (Å²) in [6, 6.07) is 1.74. The van der Waals surface area contributed by atoms with Crippen molar-refractivity contribution in [3.05, 3.63) is 0 Å². The standard InChI is InChI=1S/C10H22N2/c1-4-8(2)12(3)10-7-5-6-9(10)11/h8-10H,4-7,11H2,1-3H3. The molecule has 1 aliphatic rings. The molecule has 0 aliphatic heterocycles. The van der Waals surface area contributed by atoms with E-state index < -0.39 is 0 Å². The SMILES string of the molecule is CCC(C)N(C)C1CCCC1N. The van der Waals surface area contributed by atoms with Crippen LogP contribution in [0.3, 0.4) is 0 Å². The molecular weight excluding hydrogens is 148 g/mol. The van der Waals surface area contributed by atoms with Crippen molar-refractivity contribution in [1.82, 2.24) is 4.90 Å². The molecule has 0 saturated heterocycles. The van der Waals surface area contributed by atoms with Crippen molar-refractivity contribution < 1.29 is 0 Å². The summed E-state index contributed by atoms with van der Waals surface area (Å²) >= 11 is 0. The molecule has 12 heavy (non-hydrogen) atoms. The maximum atomic E-state index is 6.03. The van der Waals surface area contributed by atoms with Gasteiger partial charge in [-0.05, 0) is 33.2 Å². The molecule has 1 rings (SSSR count). The van der Waals surface area contributed by atoms with Gasteiger partial charge in [-0.25, -0.2) is 0 Å². The largest absolute Gasteiger partial charge is 0.326 e. The van der Waals surface area contributed by atoms with Crippen LogP contribution in [0.4, 0.5) is 0 Å². The molecule has 0 radical (unpaired) electrons. The van der Waals surface area contributed by atoms with Crippen molar-refractivity contribution >= 4 is 0 Å². The van der Waals surface area contributed by atoms with Crippen molar-refractivity contribution in [2.24, 2.45) is 5.73 Å². The first kappa shape index (κ1) is 10.0. The number of hydrogen-bond donors (Lipinski definition) is 1. The Bertz CT molecular complexity index is 136. The summed E-state index contributed by atoms with van der Waals surface area (Å²) in [5.74, 6) is 0. The molecule has 3 unspecified atom stereocenters. The van der Waals surface area contributed by atoms with Gasteiger partial charge in [-0.15, -0.1) is 0 Å². The predicted octanol–water partition coefficient (Wildman–Crippen LogP) is 1.60. The molecule has 2 heteroatoms. The van der Waals surface area contributed by atoms with Gasteiger partial charge in [-0.2, -0.15) is 0 Å². The van der Waals surface area contributed by atoms with E-state index in [9.17, 15) is 0 Å². The van der Waals surface area contributed by atoms with Gasteiger partial charge in [-0.3, -0.25) is 4.90 Å². The third kappa shape index (κ3) is 1.99. The maximum absolute atomic E-state index is 6.03. The summed E-state index contributed by atoms with van der Waals surface area (Å²) in [4.78, 5) is 2.46. The van der Waals surface area contributed by atoms with Crippen molar-refractivity contribution in [3.63, 3.8) is 0 Å². The van der Waals surface area contributed by atoms with Crippen LogP contribution in [0.2, 0.25) is 0 Å². The lowest BCUT2D eigenvalue weighted by Crippen LogP contribution is -2.46. The topological polar surface area (TPSA) is 29.3 Å². The molecule has 1 saturated carbocycles. The number of rotatable bonds is 3. The molecule has 0 heterocycles. The van der Waals surface area contributed by atoms with Crippen LogP contribution in [0.25, 0.3) is 0 Å². The highest BCUT2D eigenvalue weighted by Gasteiger charge is 2.28. The second kappa shape index (κ2) is 4.24. The summed E-state index contributed by atoms with van der Waals surface area (Å²) in [7, 11) is 2.21. The van der Waals surface area contributed by atoms with Crippen LogP contribution in [0.1, 0.15) is 39.5 Å². The van der Waals surface area contributed by atoms with Crippen molar-refractivity contribution in [2.75, 3.05) is 7.05 Å². The number of hydrogen-bond acceptors (Lipinski definition) is 2. The molecule has 0 aromatic carbocycles. The van der Waals surface area contributed by atoms with Crippen LogP contribution >= 0.6 is 0 Å². The summed E-state index contributed by atoms with van der Waals surface area (Å²) in [5, 5.41) is 0. The number of nitrogens with zero attached hydrogens (tertiary/aromatic N) is 1. The van der Waals surface area contributed by atoms with Gasteiger partial charge in [0.1, 0.15) is 0 Å². The Balaban J connectivity index is 2.45. The average Bonchev–Trinajstić information content (AvgIpc) is 2.48. The minimum Gasteiger partial charge on any atom is -0.326 e. The summed E-state index contributed by atoms with van der Waals surface area (Å²) < 4.78 is 0. The minimum atomic E-state index is 0.420. The van der Waals surface area contributed by atoms with E-state index in [-0.39, 0.29) is 0 Å². The van der Waals surface area contributed by atoms with Gasteiger partial charge in [0.15, 0.2) is 0 Å². The first-order valence-corrected chi connectivity index (χ1v) is 5.14. The van der Waals surface area contributed by atoms with Crippen LogP contribution in [0.5, 0.6) is 0 Å². The maximum Gasteiger partial charge on any atom is 0.0246 e. The second-order valence-corrected chi connectivity index (χ2v) is 4.08. The van der Waals surface area contributed by atoms with E-state index in [1.54, 1.807) is 0 Å². The molecule has 1 aliphatic carbocycles. The van der Waals surface area contributed by atoms with Crippen LogP contribution in [-0.4, -0.2) is 30.1 Å². The third-order valence-corrected chi connectivity index (χ3v) is 3.34. The van der Waals surface area contributed by atoms with Gasteiger partial charge < -0.3 is 5.73 Å². The van der Waals surface area contributed by atoms with Crippen LogP contribution in [0, 0.1) is 0 Å². The van der Waals surface area contributed by atoms with Crippen LogP contribution in [-0.2, 0) is 0 Å². The van der Waals surface area contributed by atoms with E-state index in [4.69, 9.17) is 5.73 Å². The Kier molecular flexibility index (Phi) is 3.53. The smallest absolute Gasteiger partial charge is 0.0246 e. The highest BCUT2D eigenvalue weighted by molar-refractivity contribution is 4.88. The lowest BCUT2D eigenvalue weighted by Gasteiger charge is -2.32. The number of likely N-dealkylation sites (N-methyl/N-ethyl adjacent to an activating group) is 1. The molecule has 3 atom stereocenters. The van der Waals surface area contributed by atoms with Crippen LogP contribution < -0.4 is 5.73 Å². The third-order valence-electron chi connectivity index (χ3n) is 3.34. The lowest BCUT2D eigenvalue weighted by molar-refractivity contribution is 0.170. The van der Waals surface area contributed by atoms with Gasteiger partial charge >= 0.3 is 0 Å². The van der Waals surface area contributed by atoms with E-state index in [1.807, 2.05) is 0 Å². The monoisotopic (exact) mass is 170 g/mol. The highest BCUT2D eigenvalue weighted by Crippen LogP contribution is 2.23. The summed E-state index contributed by atoms with van der Waals surface area (Å²) in [6.45, 7) is 4.52. The second-order valence-electron chi connectivity index (χ2n) is 4.08. The normalized spacial score (nSPS) is 32.8. The summed E-state index contributed by atoms with van der Waals surface area (Å²) in [6.07, 6.45) is 5.04. The minimum absolute atomic E-state index is 0.420. The first-order valence-electron chi connectivity index (χ1n) is 5.14. The molecule has 2 nitrogen and oxygen atoms in total. The van der Waals surface area contributed by atoms with E-state index in [0.717, 1.165) is 0 Å². The van der Waals surface area contributed by atoms with Crippen molar-refractivity contribution in [2.45, 2.75) is 57.7 Å². The Labute approximate surface area is 76.1 Å². The molecular formula is C10H22N2. The van der Waals surface area contributed by atoms with Crippen molar-refractivity contribution in [3.8, 4) is 0 Å². The van der Waals surface area contributed by atoms with E-state index >= 15 is 0 Å². The lowest BCUT2D eigenvalue weighted by atomic mass is 10.1. The van der Waals surface area contributed by atoms with E-state index in [1.165, 1.54) is 25.7 Å². The quantitative estimate of drug-likeness (QED) is 0.697. The predicted molar refractivity (Wildman–Crippen MR) is 53.1 cm³/mol. The Morgan fingerprint density at radius 2 is 2.17 bits per heavy atom. The van der Waals surface area contributed by atoms with E-state index in [0.29, 0.717) is 18.1 Å². The van der Waals surface area contributed by atoms with Gasteiger partial charge in [-0.1, -0.05) is 13.3 Å². The van der Waals surface area contributed by atoms with Gasteiger partial charge in [0, 0.05) is 18.1 Å². The van der Waals surface area contributed by atoms with Gasteiger partial charge in [0.2, 0.25) is 0 Å². The Hall–Kier alpha value is -0.0800. The zero-order chi connectivity index (χ0) is 9.14. The molecule has 0 spiro atoms. The van der Waals surface area contributed by atoms with Gasteiger partial charge in [0.25, 0.3) is 0 Å². The zero-order valence-electron chi connectivity index (χ0n) is 8.59. The average molecular weight is 170 g/mol. The van der Waals surface area contributed by atoms with Gasteiger partial charge in [0.05, 0.1) is 0 Å². The number of nitrogens with two attached hydrogens (primary N) is 1. The van der Waals surface area contributed by atoms with E-state index in [2.05, 4.69) is 25.8 Å². The molecule has 2 N–H and O–H groups in total.